The van der Waals surface area contributed by atoms with Crippen molar-refractivity contribution in [1.82, 2.24) is 4.98 Å². The molecule has 1 aromatic carbocycles. The lowest BCUT2D eigenvalue weighted by atomic mass is 10.2. The molecule has 0 spiro atoms. The Balaban J connectivity index is 2.21. The quantitative estimate of drug-likeness (QED) is 0.805. The second-order valence-corrected chi connectivity index (χ2v) is 4.53. The minimum absolute atomic E-state index is 0.0797. The fraction of sp³-hybridized carbons (Fsp3) is 0.0769. The molecule has 0 radical (unpaired) electrons. The van der Waals surface area contributed by atoms with Gasteiger partial charge in [-0.2, -0.15) is 0 Å². The van der Waals surface area contributed by atoms with Crippen LogP contribution in [0.25, 0.3) is 0 Å². The molecule has 0 N–H and O–H groups in total. The normalized spacial score (nSPS) is 10.2. The summed E-state index contributed by atoms with van der Waals surface area (Å²) in [6.45, 7) is 1.45. The van der Waals surface area contributed by atoms with Crippen molar-refractivity contribution in [2.75, 3.05) is 0 Å². The molecule has 0 fully saturated rings. The molecule has 92 valence electrons. The summed E-state index contributed by atoms with van der Waals surface area (Å²) in [6.07, 6.45) is 1.40. The van der Waals surface area contributed by atoms with E-state index in [1.54, 1.807) is 12.1 Å². The molecule has 0 unspecified atom stereocenters. The van der Waals surface area contributed by atoms with Crippen molar-refractivity contribution in [3.8, 4) is 11.6 Å². The number of ketones is 1. The first-order valence-electron chi connectivity index (χ1n) is 5.16. The van der Waals surface area contributed by atoms with E-state index in [1.165, 1.54) is 31.3 Å². The molecule has 0 bridgehead atoms. The number of carbonyl (C=O) groups is 1. The van der Waals surface area contributed by atoms with Crippen LogP contribution in [-0.4, -0.2) is 10.8 Å². The number of aromatic nitrogens is 1. The number of carbonyl (C=O) groups excluding carboxylic acids is 1. The van der Waals surface area contributed by atoms with Crippen LogP contribution in [0.5, 0.6) is 11.6 Å². The van der Waals surface area contributed by atoms with Crippen molar-refractivity contribution >= 4 is 21.7 Å². The second-order valence-electron chi connectivity index (χ2n) is 3.62. The maximum Gasteiger partial charge on any atom is 0.219 e. The lowest BCUT2D eigenvalue weighted by Gasteiger charge is -2.06. The Morgan fingerprint density at radius 1 is 1.33 bits per heavy atom. The highest BCUT2D eigenvalue weighted by Gasteiger charge is 2.07. The number of hydrogen-bond acceptors (Lipinski definition) is 3. The average molecular weight is 310 g/mol. The summed E-state index contributed by atoms with van der Waals surface area (Å²) in [6, 6.07) is 7.58. The van der Waals surface area contributed by atoms with Gasteiger partial charge >= 0.3 is 0 Å². The Kier molecular flexibility index (Phi) is 3.72. The first-order chi connectivity index (χ1) is 8.56. The van der Waals surface area contributed by atoms with Crippen molar-refractivity contribution in [1.29, 1.82) is 0 Å². The maximum absolute atomic E-state index is 13.5. The monoisotopic (exact) mass is 309 g/mol. The molecule has 2 aromatic rings. The van der Waals surface area contributed by atoms with Crippen LogP contribution in [0, 0.1) is 5.82 Å². The van der Waals surface area contributed by atoms with E-state index in [0.29, 0.717) is 10.0 Å². The number of pyridine rings is 1. The zero-order valence-electron chi connectivity index (χ0n) is 9.48. The predicted octanol–water partition coefficient (Wildman–Crippen LogP) is 3.98. The van der Waals surface area contributed by atoms with Crippen LogP contribution in [0.2, 0.25) is 0 Å². The van der Waals surface area contributed by atoms with Gasteiger partial charge in [0.15, 0.2) is 17.3 Å². The Morgan fingerprint density at radius 3 is 2.67 bits per heavy atom. The molecular weight excluding hydrogens is 301 g/mol. The molecule has 18 heavy (non-hydrogen) atoms. The molecule has 0 aliphatic rings. The average Bonchev–Trinajstić information content (AvgIpc) is 2.33. The topological polar surface area (TPSA) is 39.2 Å². The van der Waals surface area contributed by atoms with Crippen LogP contribution in [0.1, 0.15) is 17.3 Å². The number of rotatable bonds is 3. The summed E-state index contributed by atoms with van der Waals surface area (Å²) in [5.41, 5.74) is 0.485. The summed E-state index contributed by atoms with van der Waals surface area (Å²) in [7, 11) is 0. The number of hydrogen-bond donors (Lipinski definition) is 0. The van der Waals surface area contributed by atoms with E-state index in [2.05, 4.69) is 20.9 Å². The lowest BCUT2D eigenvalue weighted by molar-refractivity contribution is 0.101. The molecule has 0 aliphatic carbocycles. The lowest BCUT2D eigenvalue weighted by Crippen LogP contribution is -1.95. The number of benzene rings is 1. The molecule has 1 heterocycles. The maximum atomic E-state index is 13.5. The van der Waals surface area contributed by atoms with Gasteiger partial charge in [-0.1, -0.05) is 15.9 Å². The molecule has 0 aliphatic heterocycles. The fourth-order valence-electron chi connectivity index (χ4n) is 1.32. The largest absolute Gasteiger partial charge is 0.436 e. The zero-order valence-corrected chi connectivity index (χ0v) is 11.1. The Hall–Kier alpha value is -1.75. The molecule has 1 aromatic heterocycles. The number of Topliss-reactive ketones (excluding diaryl/α,β-unsaturated/α-hetero) is 1. The van der Waals surface area contributed by atoms with E-state index in [1.807, 2.05) is 0 Å². The molecule has 5 heteroatoms. The third kappa shape index (κ3) is 2.92. The molecule has 0 amide bonds. The summed E-state index contributed by atoms with van der Waals surface area (Å²) in [4.78, 5) is 15.0. The minimum Gasteiger partial charge on any atom is -0.436 e. The minimum atomic E-state index is -0.484. The first kappa shape index (κ1) is 12.7. The van der Waals surface area contributed by atoms with Crippen LogP contribution in [-0.2, 0) is 0 Å². The Morgan fingerprint density at radius 2 is 2.11 bits per heavy atom. The van der Waals surface area contributed by atoms with Gasteiger partial charge in [0.1, 0.15) is 0 Å². The van der Waals surface area contributed by atoms with Crippen molar-refractivity contribution in [3.63, 3.8) is 0 Å². The van der Waals surface area contributed by atoms with Crippen molar-refractivity contribution in [2.24, 2.45) is 0 Å². The Bertz CT molecular complexity index is 584. The van der Waals surface area contributed by atoms with Gasteiger partial charge in [-0.25, -0.2) is 9.37 Å². The zero-order chi connectivity index (χ0) is 13.1. The SMILES string of the molecule is CC(=O)c1ccc(Oc2ccc(Br)cc2F)nc1. The van der Waals surface area contributed by atoms with Gasteiger partial charge in [0.2, 0.25) is 5.88 Å². The van der Waals surface area contributed by atoms with Gasteiger partial charge in [0, 0.05) is 22.3 Å². The first-order valence-corrected chi connectivity index (χ1v) is 5.95. The van der Waals surface area contributed by atoms with Gasteiger partial charge < -0.3 is 4.74 Å². The summed E-state index contributed by atoms with van der Waals surface area (Å²) >= 11 is 3.16. The summed E-state index contributed by atoms with van der Waals surface area (Å²) in [5.74, 6) is -0.242. The second kappa shape index (κ2) is 5.27. The number of halogens is 2. The molecule has 3 nitrogen and oxygen atoms in total. The standard InChI is InChI=1S/C13H9BrFNO2/c1-8(17)9-2-5-13(16-7-9)18-12-4-3-10(14)6-11(12)15/h2-7H,1H3. The highest BCUT2D eigenvalue weighted by atomic mass is 79.9. The summed E-state index contributed by atoms with van der Waals surface area (Å²) < 4.78 is 19.4. The van der Waals surface area contributed by atoms with Crippen LogP contribution in [0.15, 0.2) is 41.0 Å². The van der Waals surface area contributed by atoms with E-state index >= 15 is 0 Å². The van der Waals surface area contributed by atoms with E-state index < -0.39 is 5.82 Å². The highest BCUT2D eigenvalue weighted by molar-refractivity contribution is 9.10. The molecule has 2 rings (SSSR count). The van der Waals surface area contributed by atoms with E-state index in [9.17, 15) is 9.18 Å². The number of nitrogens with zero attached hydrogens (tertiary/aromatic N) is 1. The number of ether oxygens (including phenoxy) is 1. The smallest absolute Gasteiger partial charge is 0.219 e. The van der Waals surface area contributed by atoms with Gasteiger partial charge in [-0.15, -0.1) is 0 Å². The fourth-order valence-corrected chi connectivity index (χ4v) is 1.65. The van der Waals surface area contributed by atoms with E-state index in [-0.39, 0.29) is 17.4 Å². The van der Waals surface area contributed by atoms with Crippen LogP contribution < -0.4 is 4.74 Å². The third-order valence-electron chi connectivity index (χ3n) is 2.25. The highest BCUT2D eigenvalue weighted by Crippen LogP contribution is 2.25. The molecule has 0 atom stereocenters. The van der Waals surface area contributed by atoms with Gasteiger partial charge in [-0.05, 0) is 31.2 Å². The van der Waals surface area contributed by atoms with Crippen molar-refractivity contribution in [2.45, 2.75) is 6.92 Å². The van der Waals surface area contributed by atoms with Crippen LogP contribution >= 0.6 is 15.9 Å². The molecule has 0 saturated heterocycles. The predicted molar refractivity (Wildman–Crippen MR) is 68.4 cm³/mol. The van der Waals surface area contributed by atoms with E-state index in [0.717, 1.165) is 0 Å². The molecular formula is C13H9BrFNO2. The Labute approximate surface area is 112 Å². The van der Waals surface area contributed by atoms with E-state index in [4.69, 9.17) is 4.74 Å². The van der Waals surface area contributed by atoms with Crippen molar-refractivity contribution < 1.29 is 13.9 Å². The third-order valence-corrected chi connectivity index (χ3v) is 2.74. The van der Waals surface area contributed by atoms with Crippen molar-refractivity contribution in [3.05, 3.63) is 52.4 Å². The van der Waals surface area contributed by atoms with Gasteiger partial charge in [0.05, 0.1) is 0 Å². The molecule has 0 saturated carbocycles. The summed E-state index contributed by atoms with van der Waals surface area (Å²) in [5, 5.41) is 0. The van der Waals surface area contributed by atoms with Crippen LogP contribution in [0.3, 0.4) is 0 Å². The van der Waals surface area contributed by atoms with Crippen LogP contribution in [0.4, 0.5) is 4.39 Å². The van der Waals surface area contributed by atoms with Gasteiger partial charge in [0.25, 0.3) is 0 Å². The van der Waals surface area contributed by atoms with Gasteiger partial charge in [-0.3, -0.25) is 4.79 Å².